The largest absolute Gasteiger partial charge is 0.444 e. The maximum absolute atomic E-state index is 13.8. The van der Waals surface area contributed by atoms with Crippen LogP contribution in [0.25, 0.3) is 16.8 Å². The molecule has 3 amide bonds. The third-order valence-corrected chi connectivity index (χ3v) is 5.75. The third-order valence-electron chi connectivity index (χ3n) is 5.75. The van der Waals surface area contributed by atoms with Crippen LogP contribution in [0.15, 0.2) is 86.0 Å². The van der Waals surface area contributed by atoms with E-state index < -0.39 is 35.6 Å². The van der Waals surface area contributed by atoms with Gasteiger partial charge in [0.15, 0.2) is 0 Å². The number of nitrogens with one attached hydrogen (secondary N) is 2. The average Bonchev–Trinajstić information content (AvgIpc) is 2.86. The van der Waals surface area contributed by atoms with Crippen LogP contribution in [0.5, 0.6) is 0 Å². The predicted octanol–water partition coefficient (Wildman–Crippen LogP) is 6.09. The highest BCUT2D eigenvalue weighted by atomic mass is 16.6. The van der Waals surface area contributed by atoms with Gasteiger partial charge in [-0.25, -0.2) is 4.79 Å². The summed E-state index contributed by atoms with van der Waals surface area (Å²) in [6.45, 7) is 14.5. The lowest BCUT2D eigenvalue weighted by Gasteiger charge is -2.33. The molecule has 0 heterocycles. The Morgan fingerprint density at radius 3 is 2.34 bits per heavy atom. The van der Waals surface area contributed by atoms with Gasteiger partial charge in [0.05, 0.1) is 0 Å². The maximum Gasteiger partial charge on any atom is 0.408 e. The number of hydrogen-bond acceptors (Lipinski definition) is 4. The molecule has 0 saturated carbocycles. The Morgan fingerprint density at radius 1 is 0.974 bits per heavy atom. The van der Waals surface area contributed by atoms with Crippen LogP contribution >= 0.6 is 0 Å². The Morgan fingerprint density at radius 2 is 1.68 bits per heavy atom. The summed E-state index contributed by atoms with van der Waals surface area (Å²) in [6, 6.07) is 18.8. The fraction of sp³-hybridized carbons (Fsp3) is 0.258. The van der Waals surface area contributed by atoms with E-state index in [1.54, 1.807) is 45.9 Å². The van der Waals surface area contributed by atoms with Crippen LogP contribution in [-0.4, -0.2) is 41.0 Å². The Hall–Kier alpha value is -4.39. The van der Waals surface area contributed by atoms with Gasteiger partial charge >= 0.3 is 6.09 Å². The van der Waals surface area contributed by atoms with Crippen molar-refractivity contribution in [2.24, 2.45) is 0 Å². The molecule has 2 atom stereocenters. The molecule has 0 aliphatic heterocycles. The summed E-state index contributed by atoms with van der Waals surface area (Å²) < 4.78 is 5.30. The number of anilines is 1. The monoisotopic (exact) mass is 513 g/mol. The molecule has 0 aliphatic rings. The summed E-state index contributed by atoms with van der Waals surface area (Å²) in [7, 11) is 0. The molecular weight excluding hydrogens is 478 g/mol. The lowest BCUT2D eigenvalue weighted by molar-refractivity contribution is -0.139. The molecular formula is C31H35N3O4. The SMILES string of the molecule is C=CCN(C(=O)C(C)NC(=O)OC(C)(C)C)C(C(=O)Nc1ccc2ccccc2c1)c1cccc(C=C)c1. The van der Waals surface area contributed by atoms with Gasteiger partial charge in [-0.2, -0.15) is 0 Å². The van der Waals surface area contributed by atoms with E-state index in [0.29, 0.717) is 11.3 Å². The highest BCUT2D eigenvalue weighted by Gasteiger charge is 2.34. The normalized spacial score (nSPS) is 12.6. The van der Waals surface area contributed by atoms with E-state index in [2.05, 4.69) is 23.8 Å². The van der Waals surface area contributed by atoms with Gasteiger partial charge in [-0.1, -0.05) is 67.3 Å². The second-order valence-electron chi connectivity index (χ2n) is 9.98. The number of ether oxygens (including phenoxy) is 1. The summed E-state index contributed by atoms with van der Waals surface area (Å²) in [5.74, 6) is -0.861. The topological polar surface area (TPSA) is 87.7 Å². The molecule has 7 nitrogen and oxygen atoms in total. The van der Waals surface area contributed by atoms with Crippen molar-refractivity contribution in [3.63, 3.8) is 0 Å². The van der Waals surface area contributed by atoms with Gasteiger partial charge in [-0.05, 0) is 67.8 Å². The standard InChI is InChI=1S/C31H35N3O4/c1-7-18-34(29(36)21(3)32-30(37)38-31(4,5)6)27(25-15-11-12-22(8-2)19-25)28(35)33-26-17-16-23-13-9-10-14-24(23)20-26/h7-17,19-21,27H,1-2,18H2,3-6H3,(H,32,37)(H,33,35). The first kappa shape index (κ1) is 28.2. The summed E-state index contributed by atoms with van der Waals surface area (Å²) in [4.78, 5) is 41.2. The van der Waals surface area contributed by atoms with E-state index in [9.17, 15) is 14.4 Å². The van der Waals surface area contributed by atoms with E-state index in [1.165, 1.54) is 4.90 Å². The molecule has 198 valence electrons. The van der Waals surface area contributed by atoms with Gasteiger partial charge in [0.25, 0.3) is 5.91 Å². The minimum absolute atomic E-state index is 0.0767. The number of carbonyl (C=O) groups excluding carboxylic acids is 3. The molecule has 7 heteroatoms. The number of rotatable bonds is 9. The first-order valence-electron chi connectivity index (χ1n) is 12.5. The molecule has 3 aromatic rings. The molecule has 0 radical (unpaired) electrons. The third kappa shape index (κ3) is 7.32. The molecule has 0 bridgehead atoms. The zero-order chi connectivity index (χ0) is 27.9. The predicted molar refractivity (Wildman–Crippen MR) is 153 cm³/mol. The molecule has 2 N–H and O–H groups in total. The van der Waals surface area contributed by atoms with E-state index in [1.807, 2.05) is 60.7 Å². The number of alkyl carbamates (subject to hydrolysis) is 1. The van der Waals surface area contributed by atoms with Gasteiger partial charge < -0.3 is 20.3 Å². The summed E-state index contributed by atoms with van der Waals surface area (Å²) in [5.41, 5.74) is 1.28. The molecule has 0 aliphatic carbocycles. The second kappa shape index (κ2) is 12.2. The molecule has 3 aromatic carbocycles. The summed E-state index contributed by atoms with van der Waals surface area (Å²) in [5, 5.41) is 7.57. The number of nitrogens with zero attached hydrogens (tertiary/aromatic N) is 1. The lowest BCUT2D eigenvalue weighted by atomic mass is 10.00. The van der Waals surface area contributed by atoms with Crippen LogP contribution in [0, 0.1) is 0 Å². The van der Waals surface area contributed by atoms with Gasteiger partial charge in [0, 0.05) is 12.2 Å². The Balaban J connectivity index is 1.96. The van der Waals surface area contributed by atoms with E-state index >= 15 is 0 Å². The van der Waals surface area contributed by atoms with Crippen LogP contribution in [0.3, 0.4) is 0 Å². The van der Waals surface area contributed by atoms with Gasteiger partial charge in [0.2, 0.25) is 5.91 Å². The van der Waals surface area contributed by atoms with Crippen molar-refractivity contribution >= 4 is 40.4 Å². The first-order valence-corrected chi connectivity index (χ1v) is 12.5. The van der Waals surface area contributed by atoms with Crippen molar-refractivity contribution in [2.45, 2.75) is 45.4 Å². The molecule has 0 saturated heterocycles. The second-order valence-corrected chi connectivity index (χ2v) is 9.98. The summed E-state index contributed by atoms with van der Waals surface area (Å²) >= 11 is 0. The van der Waals surface area contributed by atoms with Crippen molar-refractivity contribution < 1.29 is 19.1 Å². The Labute approximate surface area is 224 Å². The number of benzene rings is 3. The summed E-state index contributed by atoms with van der Waals surface area (Å²) in [6.07, 6.45) is 2.50. The van der Waals surface area contributed by atoms with Crippen LogP contribution < -0.4 is 10.6 Å². The van der Waals surface area contributed by atoms with Gasteiger partial charge in [-0.3, -0.25) is 9.59 Å². The number of fused-ring (bicyclic) bond motifs is 1. The molecule has 0 fully saturated rings. The van der Waals surface area contributed by atoms with Crippen molar-refractivity contribution in [2.75, 3.05) is 11.9 Å². The van der Waals surface area contributed by atoms with Crippen molar-refractivity contribution in [1.82, 2.24) is 10.2 Å². The number of amides is 3. The fourth-order valence-electron chi connectivity index (χ4n) is 4.06. The minimum Gasteiger partial charge on any atom is -0.444 e. The average molecular weight is 514 g/mol. The first-order chi connectivity index (χ1) is 18.0. The van der Waals surface area contributed by atoms with Crippen molar-refractivity contribution in [1.29, 1.82) is 0 Å². The molecule has 3 rings (SSSR count). The van der Waals surface area contributed by atoms with Crippen LogP contribution in [0.4, 0.5) is 10.5 Å². The fourth-order valence-corrected chi connectivity index (χ4v) is 4.06. The zero-order valence-corrected chi connectivity index (χ0v) is 22.4. The van der Waals surface area contributed by atoms with Crippen LogP contribution in [0.2, 0.25) is 0 Å². The maximum atomic E-state index is 13.8. The lowest BCUT2D eigenvalue weighted by Crippen LogP contribution is -2.51. The van der Waals surface area contributed by atoms with Crippen LogP contribution in [0.1, 0.15) is 44.9 Å². The number of hydrogen-bond donors (Lipinski definition) is 2. The zero-order valence-electron chi connectivity index (χ0n) is 22.4. The van der Waals surface area contributed by atoms with Crippen LogP contribution in [-0.2, 0) is 14.3 Å². The van der Waals surface area contributed by atoms with E-state index in [0.717, 1.165) is 16.3 Å². The van der Waals surface area contributed by atoms with E-state index in [-0.39, 0.29) is 6.54 Å². The minimum atomic E-state index is -1.00. The molecule has 2 unspecified atom stereocenters. The van der Waals surface area contributed by atoms with Crippen molar-refractivity contribution in [3.05, 3.63) is 97.1 Å². The highest BCUT2D eigenvalue weighted by Crippen LogP contribution is 2.27. The molecule has 0 aromatic heterocycles. The van der Waals surface area contributed by atoms with E-state index in [4.69, 9.17) is 4.74 Å². The Kier molecular flexibility index (Phi) is 9.07. The highest BCUT2D eigenvalue weighted by molar-refractivity contribution is 6.00. The van der Waals surface area contributed by atoms with Gasteiger partial charge in [-0.15, -0.1) is 6.58 Å². The molecule has 38 heavy (non-hydrogen) atoms. The smallest absolute Gasteiger partial charge is 0.408 e. The Bertz CT molecular complexity index is 1340. The number of carbonyl (C=O) groups is 3. The quantitative estimate of drug-likeness (QED) is 0.339. The van der Waals surface area contributed by atoms with Gasteiger partial charge in [0.1, 0.15) is 17.7 Å². The van der Waals surface area contributed by atoms with Crippen molar-refractivity contribution in [3.8, 4) is 0 Å². The molecule has 0 spiro atoms.